The Morgan fingerprint density at radius 2 is 1.44 bits per heavy atom. The predicted molar refractivity (Wildman–Crippen MR) is 76.1 cm³/mol. The number of allylic oxidation sites excluding steroid dienone is 5. The first-order chi connectivity index (χ1) is 7.43. The Bertz CT molecular complexity index is 288. The fourth-order valence-electron chi connectivity index (χ4n) is 1.32. The molecule has 0 saturated heterocycles. The number of rotatable bonds is 6. The van der Waals surface area contributed by atoms with Gasteiger partial charge in [0.05, 0.1) is 0 Å². The average Bonchev–Trinajstić information content (AvgIpc) is 2.16. The van der Waals surface area contributed by atoms with Gasteiger partial charge < -0.3 is 0 Å². The summed E-state index contributed by atoms with van der Waals surface area (Å²) >= 11 is 11.4. The Morgan fingerprint density at radius 1 is 0.875 bits per heavy atom. The molecule has 0 aliphatic carbocycles. The largest absolute Gasteiger partial charge is 0.105 e. The van der Waals surface area contributed by atoms with Crippen molar-refractivity contribution in [3.05, 3.63) is 33.4 Å². The van der Waals surface area contributed by atoms with Crippen LogP contribution in [0.5, 0.6) is 0 Å². The van der Waals surface area contributed by atoms with Crippen LogP contribution in [0.2, 0.25) is 0 Å². The van der Waals surface area contributed by atoms with Crippen molar-refractivity contribution in [2.45, 2.75) is 53.4 Å². The fourth-order valence-corrected chi connectivity index (χ4v) is 1.51. The van der Waals surface area contributed by atoms with E-state index >= 15 is 0 Å². The summed E-state index contributed by atoms with van der Waals surface area (Å²) in [5, 5.41) is 0. The third-order valence-electron chi connectivity index (χ3n) is 2.43. The molecule has 0 aromatic rings. The second-order valence-electron chi connectivity index (χ2n) is 4.45. The molecule has 0 radical (unpaired) electrons. The van der Waals surface area contributed by atoms with E-state index < -0.39 is 0 Å². The number of halogens is 2. The maximum absolute atomic E-state index is 5.68. The van der Waals surface area contributed by atoms with Crippen LogP contribution in [0.1, 0.15) is 53.4 Å². The molecule has 0 aromatic carbocycles. The highest BCUT2D eigenvalue weighted by Crippen LogP contribution is 2.18. The van der Waals surface area contributed by atoms with Gasteiger partial charge in [-0.05, 0) is 59.0 Å². The Hall–Kier alpha value is -0.200. The van der Waals surface area contributed by atoms with Crippen LogP contribution in [-0.4, -0.2) is 0 Å². The summed E-state index contributed by atoms with van der Waals surface area (Å²) in [5.41, 5.74) is 3.90. The summed E-state index contributed by atoms with van der Waals surface area (Å²) in [6.45, 7) is 8.42. The summed E-state index contributed by atoms with van der Waals surface area (Å²) in [6, 6.07) is 0. The summed E-state index contributed by atoms with van der Waals surface area (Å²) in [4.78, 5) is 0. The lowest BCUT2D eigenvalue weighted by atomic mass is 10.1. The SMILES string of the molecule is CC(C)=CCC/C(C)=C/CCC(C)=C(Cl)Cl. The standard InChI is InChI=1S/C14H22Cl2/c1-11(2)7-5-8-12(3)9-6-10-13(4)14(15)16/h7,9H,5-6,8,10H2,1-4H3/b12-9+. The smallest absolute Gasteiger partial charge is 0.0856 e. The van der Waals surface area contributed by atoms with Gasteiger partial charge in [-0.2, -0.15) is 0 Å². The van der Waals surface area contributed by atoms with Gasteiger partial charge in [0.1, 0.15) is 4.49 Å². The molecule has 0 N–H and O–H groups in total. The van der Waals surface area contributed by atoms with Gasteiger partial charge in [0.15, 0.2) is 0 Å². The van der Waals surface area contributed by atoms with Crippen LogP contribution in [0.15, 0.2) is 33.4 Å². The first-order valence-corrected chi connectivity index (χ1v) is 6.48. The summed E-state index contributed by atoms with van der Waals surface area (Å²) in [7, 11) is 0. The molecule has 0 aliphatic rings. The molecule has 0 aliphatic heterocycles. The fraction of sp³-hybridized carbons (Fsp3) is 0.571. The summed E-state index contributed by atoms with van der Waals surface area (Å²) < 4.78 is 0.413. The molecule has 0 bridgehead atoms. The molecule has 0 saturated carbocycles. The highest BCUT2D eigenvalue weighted by atomic mass is 35.5. The Labute approximate surface area is 110 Å². The van der Waals surface area contributed by atoms with Crippen molar-refractivity contribution in [2.75, 3.05) is 0 Å². The van der Waals surface area contributed by atoms with E-state index in [2.05, 4.69) is 32.9 Å². The van der Waals surface area contributed by atoms with Gasteiger partial charge in [0.25, 0.3) is 0 Å². The Balaban J connectivity index is 3.88. The first kappa shape index (κ1) is 15.8. The van der Waals surface area contributed by atoms with Crippen LogP contribution in [0.3, 0.4) is 0 Å². The van der Waals surface area contributed by atoms with Crippen LogP contribution in [0.4, 0.5) is 0 Å². The van der Waals surface area contributed by atoms with Crippen molar-refractivity contribution in [3.8, 4) is 0 Å². The Morgan fingerprint density at radius 3 is 1.94 bits per heavy atom. The van der Waals surface area contributed by atoms with Crippen molar-refractivity contribution in [2.24, 2.45) is 0 Å². The van der Waals surface area contributed by atoms with Gasteiger partial charge in [-0.25, -0.2) is 0 Å². The minimum atomic E-state index is 0.413. The van der Waals surface area contributed by atoms with Gasteiger partial charge in [-0.1, -0.05) is 46.5 Å². The highest BCUT2D eigenvalue weighted by Gasteiger charge is 1.95. The molecule has 0 rings (SSSR count). The van der Waals surface area contributed by atoms with Crippen molar-refractivity contribution in [1.82, 2.24) is 0 Å². The van der Waals surface area contributed by atoms with Gasteiger partial charge in [-0.3, -0.25) is 0 Å². The van der Waals surface area contributed by atoms with Gasteiger partial charge in [0, 0.05) is 0 Å². The maximum Gasteiger partial charge on any atom is 0.105 e. The highest BCUT2D eigenvalue weighted by molar-refractivity contribution is 6.56. The van der Waals surface area contributed by atoms with Crippen LogP contribution in [0.25, 0.3) is 0 Å². The molecule has 2 heteroatoms. The normalized spacial score (nSPS) is 11.2. The molecule has 0 unspecified atom stereocenters. The molecule has 0 amide bonds. The van der Waals surface area contributed by atoms with Gasteiger partial charge >= 0.3 is 0 Å². The number of hydrogen-bond acceptors (Lipinski definition) is 0. The summed E-state index contributed by atoms with van der Waals surface area (Å²) in [6.07, 6.45) is 8.80. The van der Waals surface area contributed by atoms with Crippen molar-refractivity contribution < 1.29 is 0 Å². The summed E-state index contributed by atoms with van der Waals surface area (Å²) in [5.74, 6) is 0. The van der Waals surface area contributed by atoms with E-state index in [-0.39, 0.29) is 0 Å². The minimum absolute atomic E-state index is 0.413. The van der Waals surface area contributed by atoms with E-state index in [0.717, 1.165) is 31.3 Å². The third kappa shape index (κ3) is 9.06. The molecule has 16 heavy (non-hydrogen) atoms. The second-order valence-corrected chi connectivity index (χ2v) is 5.40. The van der Waals surface area contributed by atoms with E-state index in [4.69, 9.17) is 23.2 Å². The zero-order chi connectivity index (χ0) is 12.6. The molecule has 0 nitrogen and oxygen atoms in total. The van der Waals surface area contributed by atoms with E-state index in [1.807, 2.05) is 6.92 Å². The van der Waals surface area contributed by atoms with Crippen molar-refractivity contribution in [1.29, 1.82) is 0 Å². The minimum Gasteiger partial charge on any atom is -0.0856 e. The third-order valence-corrected chi connectivity index (χ3v) is 3.07. The van der Waals surface area contributed by atoms with Gasteiger partial charge in [0.2, 0.25) is 0 Å². The lowest BCUT2D eigenvalue weighted by Gasteiger charge is -2.01. The van der Waals surface area contributed by atoms with Crippen molar-refractivity contribution >= 4 is 23.2 Å². The first-order valence-electron chi connectivity index (χ1n) is 5.73. The molecule has 0 fully saturated rings. The topological polar surface area (TPSA) is 0 Å². The maximum atomic E-state index is 5.68. The zero-order valence-corrected chi connectivity index (χ0v) is 12.3. The van der Waals surface area contributed by atoms with E-state index in [9.17, 15) is 0 Å². The second kappa shape index (κ2) is 8.90. The predicted octanol–water partition coefficient (Wildman–Crippen LogP) is 6.17. The lowest BCUT2D eigenvalue weighted by molar-refractivity contribution is 0.918. The average molecular weight is 261 g/mol. The van der Waals surface area contributed by atoms with E-state index in [1.165, 1.54) is 11.1 Å². The molecular formula is C14H22Cl2. The number of hydrogen-bond donors (Lipinski definition) is 0. The van der Waals surface area contributed by atoms with Gasteiger partial charge in [-0.15, -0.1) is 0 Å². The van der Waals surface area contributed by atoms with Crippen LogP contribution >= 0.6 is 23.2 Å². The quantitative estimate of drug-likeness (QED) is 0.501. The van der Waals surface area contributed by atoms with E-state index in [1.54, 1.807) is 0 Å². The molecule has 0 spiro atoms. The molecule has 0 atom stereocenters. The zero-order valence-electron chi connectivity index (χ0n) is 10.7. The molecular weight excluding hydrogens is 239 g/mol. The monoisotopic (exact) mass is 260 g/mol. The Kier molecular flexibility index (Phi) is 8.78. The van der Waals surface area contributed by atoms with Crippen LogP contribution in [0, 0.1) is 0 Å². The lowest BCUT2D eigenvalue weighted by Crippen LogP contribution is -1.80. The van der Waals surface area contributed by atoms with Crippen LogP contribution in [-0.2, 0) is 0 Å². The molecule has 92 valence electrons. The van der Waals surface area contributed by atoms with E-state index in [0.29, 0.717) is 4.49 Å². The van der Waals surface area contributed by atoms with Crippen LogP contribution < -0.4 is 0 Å². The molecule has 0 aromatic heterocycles. The van der Waals surface area contributed by atoms with Crippen molar-refractivity contribution in [3.63, 3.8) is 0 Å². The molecule has 0 heterocycles.